The molecular weight excluding hydrogens is 404 g/mol. The second-order valence-corrected chi connectivity index (χ2v) is 7.07. The zero-order chi connectivity index (χ0) is 22.5. The maximum absolute atomic E-state index is 10.2. The van der Waals surface area contributed by atoms with E-state index in [9.17, 15) is 10.2 Å². The third-order valence-electron chi connectivity index (χ3n) is 4.98. The van der Waals surface area contributed by atoms with Crippen molar-refractivity contribution < 1.29 is 14.9 Å². The molecule has 0 saturated carbocycles. The second-order valence-electron chi connectivity index (χ2n) is 7.07. The Morgan fingerprint density at radius 3 is 2.19 bits per heavy atom. The van der Waals surface area contributed by atoms with Crippen LogP contribution in [0.2, 0.25) is 0 Å². The molecule has 0 unspecified atom stereocenters. The van der Waals surface area contributed by atoms with Crippen LogP contribution in [0.4, 0.5) is 5.95 Å². The minimum atomic E-state index is -0.0339. The zero-order valence-electron chi connectivity index (χ0n) is 17.6. The molecule has 0 fully saturated rings. The first-order valence-electron chi connectivity index (χ1n) is 9.94. The van der Waals surface area contributed by atoms with Crippen molar-refractivity contribution in [1.82, 2.24) is 9.97 Å². The standard InChI is InChI=1S/C25H22N4O3/c1-16-23(30)13-10-19(24(16)31)15-26-29-25-27-21(17-6-4-3-5-7-17)14-22(28-25)18-8-11-20(32-2)12-9-18/h3-15,30-31H,1-2H3,(H,27,28,29)/b26-15-. The number of phenols is 2. The van der Waals surface area contributed by atoms with Crippen molar-refractivity contribution in [1.29, 1.82) is 0 Å². The van der Waals surface area contributed by atoms with Gasteiger partial charge in [-0.2, -0.15) is 5.10 Å². The second kappa shape index (κ2) is 9.18. The lowest BCUT2D eigenvalue weighted by molar-refractivity contribution is 0.415. The van der Waals surface area contributed by atoms with Crippen LogP contribution in [-0.2, 0) is 0 Å². The summed E-state index contributed by atoms with van der Waals surface area (Å²) in [6.45, 7) is 1.63. The zero-order valence-corrected chi connectivity index (χ0v) is 17.6. The van der Waals surface area contributed by atoms with Gasteiger partial charge in [-0.25, -0.2) is 15.4 Å². The quantitative estimate of drug-likeness (QED) is 0.297. The molecule has 0 saturated heterocycles. The van der Waals surface area contributed by atoms with Gasteiger partial charge >= 0.3 is 0 Å². The predicted molar refractivity (Wildman–Crippen MR) is 125 cm³/mol. The number of hydrogen-bond donors (Lipinski definition) is 3. The number of nitrogens with zero attached hydrogens (tertiary/aromatic N) is 3. The summed E-state index contributed by atoms with van der Waals surface area (Å²) in [7, 11) is 1.63. The Labute approximate surface area is 185 Å². The summed E-state index contributed by atoms with van der Waals surface area (Å²) in [6.07, 6.45) is 1.45. The number of hydrogen-bond acceptors (Lipinski definition) is 7. The number of rotatable bonds is 6. The molecule has 1 heterocycles. The van der Waals surface area contributed by atoms with Crippen molar-refractivity contribution in [3.05, 3.63) is 83.9 Å². The molecule has 3 aromatic carbocycles. The van der Waals surface area contributed by atoms with Crippen LogP contribution in [0.3, 0.4) is 0 Å². The third kappa shape index (κ3) is 4.52. The molecule has 0 bridgehead atoms. The summed E-state index contributed by atoms with van der Waals surface area (Å²) in [5.74, 6) is 1.06. The molecule has 1 aromatic heterocycles. The summed E-state index contributed by atoms with van der Waals surface area (Å²) in [5.41, 5.74) is 7.02. The fraction of sp³-hybridized carbons (Fsp3) is 0.0800. The molecule has 4 rings (SSSR count). The highest BCUT2D eigenvalue weighted by Gasteiger charge is 2.10. The van der Waals surface area contributed by atoms with Crippen molar-refractivity contribution in [3.8, 4) is 39.8 Å². The highest BCUT2D eigenvalue weighted by Crippen LogP contribution is 2.29. The van der Waals surface area contributed by atoms with Gasteiger partial charge in [-0.3, -0.25) is 0 Å². The molecule has 0 aliphatic heterocycles. The molecule has 4 aromatic rings. The molecule has 3 N–H and O–H groups in total. The van der Waals surface area contributed by atoms with E-state index < -0.39 is 0 Å². The van der Waals surface area contributed by atoms with Crippen LogP contribution in [0.5, 0.6) is 17.2 Å². The van der Waals surface area contributed by atoms with Gasteiger partial charge in [0.25, 0.3) is 0 Å². The van der Waals surface area contributed by atoms with Gasteiger partial charge in [0.15, 0.2) is 0 Å². The van der Waals surface area contributed by atoms with Crippen LogP contribution in [0.1, 0.15) is 11.1 Å². The number of ether oxygens (including phenoxy) is 1. The van der Waals surface area contributed by atoms with Gasteiger partial charge < -0.3 is 14.9 Å². The molecule has 7 nitrogen and oxygen atoms in total. The fourth-order valence-electron chi connectivity index (χ4n) is 3.14. The Morgan fingerprint density at radius 2 is 1.53 bits per heavy atom. The number of anilines is 1. The SMILES string of the molecule is COc1ccc(-c2cc(-c3ccccc3)nc(N/N=C\c3ccc(O)c(C)c3O)n2)cc1. The van der Waals surface area contributed by atoms with Crippen LogP contribution >= 0.6 is 0 Å². The van der Waals surface area contributed by atoms with Gasteiger partial charge in [0.1, 0.15) is 17.2 Å². The van der Waals surface area contributed by atoms with Crippen LogP contribution in [0.25, 0.3) is 22.5 Å². The van der Waals surface area contributed by atoms with E-state index in [2.05, 4.69) is 20.5 Å². The molecule has 160 valence electrons. The van der Waals surface area contributed by atoms with E-state index in [0.717, 1.165) is 28.3 Å². The summed E-state index contributed by atoms with van der Waals surface area (Å²) in [4.78, 5) is 9.18. The van der Waals surface area contributed by atoms with Crippen LogP contribution in [-0.4, -0.2) is 33.5 Å². The van der Waals surface area contributed by atoms with Crippen LogP contribution in [0.15, 0.2) is 77.9 Å². The first kappa shape index (κ1) is 20.9. The largest absolute Gasteiger partial charge is 0.508 e. The molecule has 0 atom stereocenters. The van der Waals surface area contributed by atoms with Gasteiger partial charge in [0, 0.05) is 22.3 Å². The predicted octanol–water partition coefficient (Wildman–Crippen LogP) is 4.98. The van der Waals surface area contributed by atoms with E-state index >= 15 is 0 Å². The maximum atomic E-state index is 10.2. The van der Waals surface area contributed by atoms with Gasteiger partial charge in [0.2, 0.25) is 5.95 Å². The number of methoxy groups -OCH3 is 1. The van der Waals surface area contributed by atoms with Gasteiger partial charge in [-0.1, -0.05) is 30.3 Å². The van der Waals surface area contributed by atoms with Gasteiger partial charge in [0.05, 0.1) is 24.7 Å². The molecular formula is C25H22N4O3. The van der Waals surface area contributed by atoms with E-state index in [0.29, 0.717) is 17.1 Å². The van der Waals surface area contributed by atoms with Gasteiger partial charge in [-0.05, 0) is 49.4 Å². The summed E-state index contributed by atoms with van der Waals surface area (Å²) in [6, 6.07) is 22.4. The van der Waals surface area contributed by atoms with Crippen molar-refractivity contribution in [2.75, 3.05) is 12.5 Å². The highest BCUT2D eigenvalue weighted by molar-refractivity contribution is 5.85. The molecule has 7 heteroatoms. The fourth-order valence-corrected chi connectivity index (χ4v) is 3.14. The van der Waals surface area contributed by atoms with E-state index in [-0.39, 0.29) is 11.5 Å². The van der Waals surface area contributed by atoms with E-state index in [4.69, 9.17) is 4.74 Å². The number of nitrogens with one attached hydrogen (secondary N) is 1. The Bertz CT molecular complexity index is 1260. The molecule has 0 aliphatic rings. The van der Waals surface area contributed by atoms with E-state index in [1.165, 1.54) is 12.3 Å². The average molecular weight is 426 g/mol. The lowest BCUT2D eigenvalue weighted by Gasteiger charge is -2.09. The smallest absolute Gasteiger partial charge is 0.244 e. The summed E-state index contributed by atoms with van der Waals surface area (Å²) >= 11 is 0. The highest BCUT2D eigenvalue weighted by atomic mass is 16.5. The summed E-state index contributed by atoms with van der Waals surface area (Å²) < 4.78 is 5.24. The lowest BCUT2D eigenvalue weighted by atomic mass is 10.1. The van der Waals surface area contributed by atoms with E-state index in [1.54, 1.807) is 20.1 Å². The Kier molecular flexibility index (Phi) is 5.98. The molecule has 0 aliphatic carbocycles. The number of aromatic nitrogens is 2. The van der Waals surface area contributed by atoms with Crippen molar-refractivity contribution in [2.24, 2.45) is 5.10 Å². The van der Waals surface area contributed by atoms with Gasteiger partial charge in [-0.15, -0.1) is 0 Å². The number of benzene rings is 3. The van der Waals surface area contributed by atoms with Crippen molar-refractivity contribution >= 4 is 12.2 Å². The number of hydrazone groups is 1. The van der Waals surface area contributed by atoms with Crippen molar-refractivity contribution in [2.45, 2.75) is 6.92 Å². The average Bonchev–Trinajstić information content (AvgIpc) is 2.84. The molecule has 0 spiro atoms. The lowest BCUT2D eigenvalue weighted by Crippen LogP contribution is -2.00. The monoisotopic (exact) mass is 426 g/mol. The van der Waals surface area contributed by atoms with E-state index in [1.807, 2.05) is 60.7 Å². The normalized spacial score (nSPS) is 10.9. The molecule has 32 heavy (non-hydrogen) atoms. The minimum absolute atomic E-state index is 0.0237. The molecule has 0 radical (unpaired) electrons. The van der Waals surface area contributed by atoms with Crippen LogP contribution in [0, 0.1) is 6.92 Å². The minimum Gasteiger partial charge on any atom is -0.508 e. The van der Waals surface area contributed by atoms with Crippen molar-refractivity contribution in [3.63, 3.8) is 0 Å². The maximum Gasteiger partial charge on any atom is 0.244 e. The summed E-state index contributed by atoms with van der Waals surface area (Å²) in [5, 5.41) is 24.1. The topological polar surface area (TPSA) is 99.9 Å². The third-order valence-corrected chi connectivity index (χ3v) is 4.98. The molecule has 0 amide bonds. The first-order chi connectivity index (χ1) is 15.5. The Hall–Kier alpha value is -4.39. The first-order valence-corrected chi connectivity index (χ1v) is 9.94. The van der Waals surface area contributed by atoms with Crippen LogP contribution < -0.4 is 10.2 Å². The Morgan fingerprint density at radius 1 is 0.875 bits per heavy atom. The Balaban J connectivity index is 1.68. The number of phenolic OH excluding ortho intramolecular Hbond substituents is 2. The number of aromatic hydroxyl groups is 2.